The molecule has 5 nitrogen and oxygen atoms in total. The zero-order valence-electron chi connectivity index (χ0n) is 19.3. The molecule has 2 heterocycles. The largest absolute Gasteiger partial charge is 0.462 e. The summed E-state index contributed by atoms with van der Waals surface area (Å²) in [5.41, 5.74) is 5.74. The number of carbonyl (C=O) groups excluding carboxylic acids is 1. The Bertz CT molecular complexity index is 1360. The van der Waals surface area contributed by atoms with Crippen LogP contribution in [-0.4, -0.2) is 31.7 Å². The van der Waals surface area contributed by atoms with Crippen LogP contribution in [-0.2, 0) is 11.8 Å². The van der Waals surface area contributed by atoms with Crippen molar-refractivity contribution in [1.29, 1.82) is 0 Å². The molecule has 0 aliphatic heterocycles. The number of benzene rings is 2. The van der Waals surface area contributed by atoms with E-state index in [1.165, 1.54) is 0 Å². The van der Waals surface area contributed by atoms with Gasteiger partial charge in [0.1, 0.15) is 7.05 Å². The number of hydrogen-bond donors (Lipinski definition) is 0. The van der Waals surface area contributed by atoms with E-state index in [2.05, 4.69) is 11.8 Å². The minimum absolute atomic E-state index is 0.307. The molecule has 33 heavy (non-hydrogen) atoms. The fourth-order valence-corrected chi connectivity index (χ4v) is 3.49. The molecule has 4 rings (SSSR count). The number of anilines is 1. The maximum absolute atomic E-state index is 12.8. The van der Waals surface area contributed by atoms with Gasteiger partial charge in [0.2, 0.25) is 0 Å². The predicted octanol–water partition coefficient (Wildman–Crippen LogP) is 4.37. The Labute approximate surface area is 194 Å². The molecule has 0 aliphatic rings. The molecule has 5 heteroatoms. The summed E-state index contributed by atoms with van der Waals surface area (Å²) in [7, 11) is 5.98. The number of pyridine rings is 2. The van der Waals surface area contributed by atoms with Gasteiger partial charge in [0, 0.05) is 54.0 Å². The summed E-state index contributed by atoms with van der Waals surface area (Å²) in [5.74, 6) is 6.04. The molecule has 0 amide bonds. The summed E-state index contributed by atoms with van der Waals surface area (Å²) in [6.45, 7) is 2.11. The van der Waals surface area contributed by atoms with Gasteiger partial charge >= 0.3 is 5.97 Å². The minimum Gasteiger partial charge on any atom is -0.462 e. The molecule has 4 aromatic rings. The van der Waals surface area contributed by atoms with E-state index in [0.717, 1.165) is 39.0 Å². The third-order valence-electron chi connectivity index (χ3n) is 5.31. The second kappa shape index (κ2) is 9.54. The van der Waals surface area contributed by atoms with Crippen molar-refractivity contribution < 1.29 is 14.1 Å². The van der Waals surface area contributed by atoms with Crippen LogP contribution in [0.5, 0.6) is 0 Å². The molecular weight excluding hydrogens is 410 g/mol. The van der Waals surface area contributed by atoms with Crippen LogP contribution in [0.25, 0.3) is 22.2 Å². The van der Waals surface area contributed by atoms with Gasteiger partial charge in [0.25, 0.3) is 0 Å². The molecule has 0 saturated heterocycles. The van der Waals surface area contributed by atoms with E-state index in [0.29, 0.717) is 12.2 Å². The summed E-state index contributed by atoms with van der Waals surface area (Å²) in [4.78, 5) is 19.6. The van der Waals surface area contributed by atoms with Crippen LogP contribution in [0.3, 0.4) is 0 Å². The summed E-state index contributed by atoms with van der Waals surface area (Å²) in [6, 6.07) is 19.6. The van der Waals surface area contributed by atoms with E-state index in [1.807, 2.05) is 97.6 Å². The third-order valence-corrected chi connectivity index (χ3v) is 5.31. The lowest BCUT2D eigenvalue weighted by atomic mass is 10.0. The topological polar surface area (TPSA) is 46.3 Å². The van der Waals surface area contributed by atoms with Crippen molar-refractivity contribution in [2.45, 2.75) is 6.92 Å². The highest BCUT2D eigenvalue weighted by Crippen LogP contribution is 2.26. The van der Waals surface area contributed by atoms with Crippen molar-refractivity contribution in [2.24, 2.45) is 7.05 Å². The quantitative estimate of drug-likeness (QED) is 0.271. The molecule has 0 bridgehead atoms. The standard InChI is InChI=1S/C28H26N3O2/c1-5-33-28(32)25-19-27(22-14-16-31(4)17-15-22)29-26-13-10-21(18-24(25)26)7-6-20-8-11-23(12-9-20)30(2)3/h8-19H,5H2,1-4H3/q+1. The number of carbonyl (C=O) groups is 1. The van der Waals surface area contributed by atoms with Crippen LogP contribution in [0.15, 0.2) is 73.1 Å². The van der Waals surface area contributed by atoms with Crippen molar-refractivity contribution in [3.8, 4) is 23.1 Å². The summed E-state index contributed by atoms with van der Waals surface area (Å²) >= 11 is 0. The molecule has 0 radical (unpaired) electrons. The van der Waals surface area contributed by atoms with Gasteiger partial charge in [-0.05, 0) is 55.5 Å². The Morgan fingerprint density at radius 1 is 0.970 bits per heavy atom. The van der Waals surface area contributed by atoms with Crippen LogP contribution in [0.1, 0.15) is 28.4 Å². The molecule has 0 unspecified atom stereocenters. The van der Waals surface area contributed by atoms with E-state index in [-0.39, 0.29) is 5.97 Å². The van der Waals surface area contributed by atoms with E-state index in [9.17, 15) is 4.79 Å². The van der Waals surface area contributed by atoms with Gasteiger partial charge < -0.3 is 9.64 Å². The van der Waals surface area contributed by atoms with E-state index in [1.54, 1.807) is 13.0 Å². The second-order valence-corrected chi connectivity index (χ2v) is 7.95. The number of nitrogens with zero attached hydrogens (tertiary/aromatic N) is 3. The number of hydrogen-bond acceptors (Lipinski definition) is 4. The average Bonchev–Trinajstić information content (AvgIpc) is 2.83. The SMILES string of the molecule is CCOC(=O)c1cc(-c2cc[n+](C)cc2)nc2ccc(C#Cc3ccc(N(C)C)cc3)cc12. The molecule has 2 aromatic heterocycles. The second-order valence-electron chi connectivity index (χ2n) is 7.95. The van der Waals surface area contributed by atoms with Crippen LogP contribution in [0.2, 0.25) is 0 Å². The zero-order chi connectivity index (χ0) is 23.4. The molecular formula is C28H26N3O2+. The normalized spacial score (nSPS) is 10.4. The molecule has 0 N–H and O–H groups in total. The first-order chi connectivity index (χ1) is 15.9. The van der Waals surface area contributed by atoms with Gasteiger partial charge in [-0.1, -0.05) is 11.8 Å². The Balaban J connectivity index is 1.76. The fraction of sp³-hybridized carbons (Fsp3) is 0.179. The van der Waals surface area contributed by atoms with Crippen molar-refractivity contribution in [1.82, 2.24) is 4.98 Å². The van der Waals surface area contributed by atoms with E-state index < -0.39 is 0 Å². The lowest BCUT2D eigenvalue weighted by Crippen LogP contribution is -2.25. The highest BCUT2D eigenvalue weighted by molar-refractivity contribution is 6.05. The number of aryl methyl sites for hydroxylation is 1. The van der Waals surface area contributed by atoms with Gasteiger partial charge in [-0.25, -0.2) is 14.3 Å². The van der Waals surface area contributed by atoms with E-state index >= 15 is 0 Å². The van der Waals surface area contributed by atoms with Gasteiger partial charge in [0.05, 0.1) is 23.4 Å². The highest BCUT2D eigenvalue weighted by atomic mass is 16.5. The number of rotatable bonds is 4. The van der Waals surface area contributed by atoms with Crippen LogP contribution in [0, 0.1) is 11.8 Å². The van der Waals surface area contributed by atoms with Crippen molar-refractivity contribution in [3.63, 3.8) is 0 Å². The van der Waals surface area contributed by atoms with Crippen LogP contribution < -0.4 is 9.47 Å². The van der Waals surface area contributed by atoms with Gasteiger partial charge in [-0.2, -0.15) is 0 Å². The van der Waals surface area contributed by atoms with E-state index in [4.69, 9.17) is 9.72 Å². The average molecular weight is 437 g/mol. The highest BCUT2D eigenvalue weighted by Gasteiger charge is 2.16. The minimum atomic E-state index is -0.364. The Hall–Kier alpha value is -4.17. The maximum Gasteiger partial charge on any atom is 0.338 e. The Kier molecular flexibility index (Phi) is 6.37. The number of esters is 1. The zero-order valence-corrected chi connectivity index (χ0v) is 19.3. The van der Waals surface area contributed by atoms with Crippen molar-refractivity contribution in [3.05, 3.63) is 89.7 Å². The fourth-order valence-electron chi connectivity index (χ4n) is 3.49. The Morgan fingerprint density at radius 3 is 2.30 bits per heavy atom. The predicted molar refractivity (Wildman–Crippen MR) is 131 cm³/mol. The first-order valence-electron chi connectivity index (χ1n) is 10.8. The van der Waals surface area contributed by atoms with Gasteiger partial charge in [-0.3, -0.25) is 0 Å². The van der Waals surface area contributed by atoms with Crippen LogP contribution in [0.4, 0.5) is 5.69 Å². The number of aromatic nitrogens is 2. The Morgan fingerprint density at radius 2 is 1.64 bits per heavy atom. The first-order valence-corrected chi connectivity index (χ1v) is 10.8. The van der Waals surface area contributed by atoms with Crippen LogP contribution >= 0.6 is 0 Å². The lowest BCUT2D eigenvalue weighted by molar-refractivity contribution is -0.671. The summed E-state index contributed by atoms with van der Waals surface area (Å²) < 4.78 is 7.29. The molecule has 0 atom stereocenters. The van der Waals surface area contributed by atoms with Crippen molar-refractivity contribution in [2.75, 3.05) is 25.6 Å². The summed E-state index contributed by atoms with van der Waals surface area (Å²) in [6.07, 6.45) is 3.91. The number of ether oxygens (including phenoxy) is 1. The monoisotopic (exact) mass is 436 g/mol. The van der Waals surface area contributed by atoms with Gasteiger partial charge in [-0.15, -0.1) is 0 Å². The third kappa shape index (κ3) is 5.02. The molecule has 0 saturated carbocycles. The first kappa shape index (κ1) is 22.0. The smallest absolute Gasteiger partial charge is 0.338 e. The lowest BCUT2D eigenvalue weighted by Gasteiger charge is -2.11. The summed E-state index contributed by atoms with van der Waals surface area (Å²) in [5, 5.41) is 0.730. The van der Waals surface area contributed by atoms with Gasteiger partial charge in [0.15, 0.2) is 12.4 Å². The molecule has 0 aliphatic carbocycles. The molecule has 0 fully saturated rings. The van der Waals surface area contributed by atoms with Crippen molar-refractivity contribution >= 4 is 22.6 Å². The number of fused-ring (bicyclic) bond motifs is 1. The maximum atomic E-state index is 12.8. The molecule has 2 aromatic carbocycles. The molecule has 164 valence electrons. The molecule has 0 spiro atoms.